The molecule has 6 heteroatoms. The maximum absolute atomic E-state index is 12.2. The highest BCUT2D eigenvalue weighted by Gasteiger charge is 2.17. The van der Waals surface area contributed by atoms with Crippen molar-refractivity contribution in [2.45, 2.75) is 46.1 Å². The number of carboxylic acid groups (broad SMARTS) is 1. The first kappa shape index (κ1) is 19.7. The van der Waals surface area contributed by atoms with Gasteiger partial charge >= 0.3 is 5.97 Å². The zero-order valence-electron chi connectivity index (χ0n) is 14.4. The van der Waals surface area contributed by atoms with Crippen molar-refractivity contribution in [2.24, 2.45) is 0 Å². The number of carboxylic acids is 1. The van der Waals surface area contributed by atoms with E-state index >= 15 is 0 Å². The Balaban J connectivity index is 2.38. The van der Waals surface area contributed by atoms with Crippen LogP contribution in [0.3, 0.4) is 0 Å². The fourth-order valence-electron chi connectivity index (χ4n) is 2.23. The quantitative estimate of drug-likeness (QED) is 0.525. The van der Waals surface area contributed by atoms with E-state index in [2.05, 4.69) is 0 Å². The van der Waals surface area contributed by atoms with Crippen molar-refractivity contribution in [3.63, 3.8) is 0 Å². The minimum atomic E-state index is -0.911. The second-order valence-corrected chi connectivity index (χ2v) is 5.86. The van der Waals surface area contributed by atoms with E-state index in [1.165, 1.54) is 6.92 Å². The van der Waals surface area contributed by atoms with E-state index in [9.17, 15) is 14.4 Å². The first-order valence-electron chi connectivity index (χ1n) is 8.06. The molecule has 0 heterocycles. The molecule has 0 atom stereocenters. The van der Waals surface area contributed by atoms with E-state index in [0.717, 1.165) is 0 Å². The third kappa shape index (κ3) is 6.81. The lowest BCUT2D eigenvalue weighted by Gasteiger charge is -2.26. The average molecular weight is 335 g/mol. The second kappa shape index (κ2) is 9.70. The third-order valence-electron chi connectivity index (χ3n) is 3.57. The Morgan fingerprint density at radius 1 is 1.12 bits per heavy atom. The van der Waals surface area contributed by atoms with Gasteiger partial charge in [0, 0.05) is 24.6 Å². The number of carbonyl (C=O) groups is 3. The summed E-state index contributed by atoms with van der Waals surface area (Å²) in [5, 5.41) is 8.74. The molecule has 1 rings (SSSR count). The largest absolute Gasteiger partial charge is 0.494 e. The summed E-state index contributed by atoms with van der Waals surface area (Å²) in [4.78, 5) is 35.6. The van der Waals surface area contributed by atoms with Crippen molar-refractivity contribution in [3.05, 3.63) is 29.8 Å². The first-order valence-corrected chi connectivity index (χ1v) is 8.06. The number of hydrogen-bond donors (Lipinski definition) is 1. The zero-order valence-corrected chi connectivity index (χ0v) is 14.4. The number of nitrogens with zero attached hydrogens (tertiary/aromatic N) is 1. The summed E-state index contributed by atoms with van der Waals surface area (Å²) < 4.78 is 5.55. The molecule has 0 aromatic heterocycles. The van der Waals surface area contributed by atoms with Gasteiger partial charge in [-0.1, -0.05) is 0 Å². The predicted molar refractivity (Wildman–Crippen MR) is 90.3 cm³/mol. The molecule has 0 spiro atoms. The summed E-state index contributed by atoms with van der Waals surface area (Å²) >= 11 is 0. The van der Waals surface area contributed by atoms with Crippen LogP contribution in [0, 0.1) is 0 Å². The summed E-state index contributed by atoms with van der Waals surface area (Å²) in [5.74, 6) is -0.325. The number of ether oxygens (including phenoxy) is 1. The van der Waals surface area contributed by atoms with Gasteiger partial charge in [-0.15, -0.1) is 0 Å². The Hall–Kier alpha value is -2.37. The topological polar surface area (TPSA) is 83.9 Å². The summed E-state index contributed by atoms with van der Waals surface area (Å²) in [6, 6.07) is 6.83. The number of hydrogen-bond acceptors (Lipinski definition) is 4. The molecule has 0 saturated carbocycles. The SMILES string of the molecule is CC(=O)c1ccc(OCCCC(=O)N(CCC(=O)O)C(C)C)cc1. The molecule has 1 aromatic carbocycles. The van der Waals surface area contributed by atoms with Crippen molar-refractivity contribution in [2.75, 3.05) is 13.2 Å². The van der Waals surface area contributed by atoms with Gasteiger partial charge in [-0.3, -0.25) is 14.4 Å². The Morgan fingerprint density at radius 3 is 2.25 bits per heavy atom. The van der Waals surface area contributed by atoms with E-state index in [1.807, 2.05) is 13.8 Å². The van der Waals surface area contributed by atoms with Crippen LogP contribution >= 0.6 is 0 Å². The van der Waals surface area contributed by atoms with Crippen LogP contribution in [0.15, 0.2) is 24.3 Å². The van der Waals surface area contributed by atoms with Crippen LogP contribution in [-0.2, 0) is 9.59 Å². The van der Waals surface area contributed by atoms with Gasteiger partial charge in [0.1, 0.15) is 5.75 Å². The van der Waals surface area contributed by atoms with E-state index in [-0.39, 0.29) is 30.7 Å². The molecule has 1 aromatic rings. The van der Waals surface area contributed by atoms with Crippen molar-refractivity contribution in [1.82, 2.24) is 4.90 Å². The number of aliphatic carboxylic acids is 1. The van der Waals surface area contributed by atoms with Gasteiger partial charge < -0.3 is 14.7 Å². The molecule has 1 N–H and O–H groups in total. The van der Waals surface area contributed by atoms with Crippen LogP contribution in [0.5, 0.6) is 5.75 Å². The minimum Gasteiger partial charge on any atom is -0.494 e. The second-order valence-electron chi connectivity index (χ2n) is 5.86. The number of carbonyl (C=O) groups excluding carboxylic acids is 2. The number of amides is 1. The highest BCUT2D eigenvalue weighted by atomic mass is 16.5. The third-order valence-corrected chi connectivity index (χ3v) is 3.57. The van der Waals surface area contributed by atoms with Crippen molar-refractivity contribution >= 4 is 17.7 Å². The maximum Gasteiger partial charge on any atom is 0.305 e. The smallest absolute Gasteiger partial charge is 0.305 e. The summed E-state index contributed by atoms with van der Waals surface area (Å²) in [6.07, 6.45) is 0.801. The summed E-state index contributed by atoms with van der Waals surface area (Å²) in [7, 11) is 0. The summed E-state index contributed by atoms with van der Waals surface area (Å²) in [6.45, 7) is 5.85. The van der Waals surface area contributed by atoms with E-state index in [0.29, 0.717) is 30.8 Å². The van der Waals surface area contributed by atoms with Crippen LogP contribution in [0.2, 0.25) is 0 Å². The van der Waals surface area contributed by atoms with Gasteiger partial charge in [0.25, 0.3) is 0 Å². The van der Waals surface area contributed by atoms with Crippen molar-refractivity contribution in [1.29, 1.82) is 0 Å². The number of ketones is 1. The zero-order chi connectivity index (χ0) is 18.1. The van der Waals surface area contributed by atoms with Crippen molar-refractivity contribution in [3.8, 4) is 5.75 Å². The number of rotatable bonds is 10. The van der Waals surface area contributed by atoms with Crippen LogP contribution in [-0.4, -0.2) is 46.9 Å². The molecule has 0 aliphatic heterocycles. The molecule has 0 aliphatic rings. The molecule has 0 unspecified atom stereocenters. The fraction of sp³-hybridized carbons (Fsp3) is 0.500. The highest BCUT2D eigenvalue weighted by molar-refractivity contribution is 5.94. The van der Waals surface area contributed by atoms with E-state index in [1.54, 1.807) is 29.2 Å². The van der Waals surface area contributed by atoms with Gasteiger partial charge in [-0.05, 0) is 51.5 Å². The molecule has 0 aliphatic carbocycles. The standard InChI is InChI=1S/C18H25NO5/c1-13(2)19(11-10-18(22)23)17(21)5-4-12-24-16-8-6-15(7-9-16)14(3)20/h6-9,13H,4-5,10-12H2,1-3H3,(H,22,23). The maximum atomic E-state index is 12.2. The molecule has 6 nitrogen and oxygen atoms in total. The Morgan fingerprint density at radius 2 is 1.75 bits per heavy atom. The normalized spacial score (nSPS) is 10.5. The van der Waals surface area contributed by atoms with Gasteiger partial charge in [0.15, 0.2) is 5.78 Å². The molecule has 0 saturated heterocycles. The number of Topliss-reactive ketones (excluding diaryl/α,β-unsaturated/α-hetero) is 1. The first-order chi connectivity index (χ1) is 11.3. The lowest BCUT2D eigenvalue weighted by atomic mass is 10.1. The lowest BCUT2D eigenvalue weighted by molar-refractivity contribution is -0.139. The molecule has 0 radical (unpaired) electrons. The predicted octanol–water partition coefficient (Wildman–Crippen LogP) is 2.76. The summed E-state index contributed by atoms with van der Waals surface area (Å²) in [5.41, 5.74) is 0.628. The molecule has 132 valence electrons. The molecular weight excluding hydrogens is 310 g/mol. The van der Waals surface area contributed by atoms with Gasteiger partial charge in [0.05, 0.1) is 13.0 Å². The Bertz CT molecular complexity index is 565. The van der Waals surface area contributed by atoms with Crippen LogP contribution in [0.25, 0.3) is 0 Å². The van der Waals surface area contributed by atoms with E-state index < -0.39 is 5.97 Å². The molecule has 0 bridgehead atoms. The minimum absolute atomic E-state index is 0.00212. The monoisotopic (exact) mass is 335 g/mol. The fourth-order valence-corrected chi connectivity index (χ4v) is 2.23. The molecule has 0 fully saturated rings. The van der Waals surface area contributed by atoms with Crippen molar-refractivity contribution < 1.29 is 24.2 Å². The molecule has 24 heavy (non-hydrogen) atoms. The molecule has 1 amide bonds. The van der Waals surface area contributed by atoms with Crippen LogP contribution in [0.4, 0.5) is 0 Å². The Kier molecular flexibility index (Phi) is 7.95. The van der Waals surface area contributed by atoms with Gasteiger partial charge in [0.2, 0.25) is 5.91 Å². The van der Waals surface area contributed by atoms with Gasteiger partial charge in [-0.25, -0.2) is 0 Å². The Labute approximate surface area is 142 Å². The number of benzene rings is 1. The van der Waals surface area contributed by atoms with E-state index in [4.69, 9.17) is 9.84 Å². The van der Waals surface area contributed by atoms with Gasteiger partial charge in [-0.2, -0.15) is 0 Å². The van der Waals surface area contributed by atoms with Crippen LogP contribution in [0.1, 0.15) is 50.4 Å². The average Bonchev–Trinajstić information content (AvgIpc) is 2.51. The lowest BCUT2D eigenvalue weighted by Crippen LogP contribution is -2.38. The molecular formula is C18H25NO5. The van der Waals surface area contributed by atoms with Crippen LogP contribution < -0.4 is 4.74 Å². The highest BCUT2D eigenvalue weighted by Crippen LogP contribution is 2.13.